The van der Waals surface area contributed by atoms with E-state index in [0.717, 1.165) is 5.69 Å². The van der Waals surface area contributed by atoms with Crippen LogP contribution in [0.25, 0.3) is 11.6 Å². The summed E-state index contributed by atoms with van der Waals surface area (Å²) in [6.07, 6.45) is 1.58. The molecule has 0 amide bonds. The molecule has 2 aromatic heterocycles. The van der Waals surface area contributed by atoms with Crippen LogP contribution in [-0.2, 0) is 6.54 Å². The first-order valence-corrected chi connectivity index (χ1v) is 6.40. The first-order valence-electron chi connectivity index (χ1n) is 6.40. The van der Waals surface area contributed by atoms with Crippen molar-refractivity contribution in [3.63, 3.8) is 0 Å². The third-order valence-corrected chi connectivity index (χ3v) is 3.03. The molecule has 20 heavy (non-hydrogen) atoms. The van der Waals surface area contributed by atoms with E-state index in [1.54, 1.807) is 18.4 Å². The fourth-order valence-corrected chi connectivity index (χ4v) is 1.93. The number of rotatable bonds is 4. The van der Waals surface area contributed by atoms with Gasteiger partial charge in [0.05, 0.1) is 12.8 Å². The summed E-state index contributed by atoms with van der Waals surface area (Å²) in [5.41, 5.74) is 3.46. The summed E-state index contributed by atoms with van der Waals surface area (Å²) in [6.45, 7) is 4.61. The predicted molar refractivity (Wildman–Crippen MR) is 75.2 cm³/mol. The molecule has 0 aliphatic carbocycles. The monoisotopic (exact) mass is 269 g/mol. The summed E-state index contributed by atoms with van der Waals surface area (Å²) in [6, 6.07) is 9.85. The van der Waals surface area contributed by atoms with E-state index in [1.165, 1.54) is 11.1 Å². The van der Waals surface area contributed by atoms with Crippen molar-refractivity contribution in [2.24, 2.45) is 0 Å². The number of nitrogens with zero attached hydrogens (tertiary/aromatic N) is 2. The lowest BCUT2D eigenvalue weighted by molar-refractivity contribution is 0.382. The fourth-order valence-electron chi connectivity index (χ4n) is 1.93. The van der Waals surface area contributed by atoms with E-state index in [0.29, 0.717) is 24.0 Å². The Morgan fingerprint density at radius 3 is 2.90 bits per heavy atom. The second kappa shape index (κ2) is 5.21. The molecule has 1 N–H and O–H groups in total. The molecule has 0 fully saturated rings. The average Bonchev–Trinajstić information content (AvgIpc) is 3.09. The van der Waals surface area contributed by atoms with E-state index in [4.69, 9.17) is 8.94 Å². The molecule has 0 saturated heterocycles. The SMILES string of the molecule is Cc1ccc(C)c(NCc2nc(-c3ccco3)no2)c1. The first-order chi connectivity index (χ1) is 9.72. The number of furan rings is 1. The first kappa shape index (κ1) is 12.5. The molecule has 0 unspecified atom stereocenters. The van der Waals surface area contributed by atoms with Gasteiger partial charge in [-0.2, -0.15) is 4.98 Å². The Labute approximate surface area is 116 Å². The lowest BCUT2D eigenvalue weighted by Crippen LogP contribution is -2.01. The van der Waals surface area contributed by atoms with Gasteiger partial charge in [-0.05, 0) is 43.2 Å². The number of anilines is 1. The van der Waals surface area contributed by atoms with E-state index in [2.05, 4.69) is 47.5 Å². The third kappa shape index (κ3) is 2.56. The van der Waals surface area contributed by atoms with Crippen LogP contribution in [-0.4, -0.2) is 10.1 Å². The van der Waals surface area contributed by atoms with Gasteiger partial charge in [0.2, 0.25) is 11.7 Å². The van der Waals surface area contributed by atoms with Crippen LogP contribution >= 0.6 is 0 Å². The highest BCUT2D eigenvalue weighted by atomic mass is 16.5. The Morgan fingerprint density at radius 1 is 1.20 bits per heavy atom. The zero-order valence-corrected chi connectivity index (χ0v) is 11.4. The van der Waals surface area contributed by atoms with E-state index >= 15 is 0 Å². The third-order valence-electron chi connectivity index (χ3n) is 3.03. The van der Waals surface area contributed by atoms with Gasteiger partial charge in [0, 0.05) is 5.69 Å². The number of hydrogen-bond acceptors (Lipinski definition) is 5. The van der Waals surface area contributed by atoms with Crippen LogP contribution in [0, 0.1) is 13.8 Å². The second-order valence-electron chi connectivity index (χ2n) is 4.66. The van der Waals surface area contributed by atoms with Crippen molar-refractivity contribution < 1.29 is 8.94 Å². The molecule has 3 aromatic rings. The Hall–Kier alpha value is -2.56. The highest BCUT2D eigenvalue weighted by Crippen LogP contribution is 2.19. The van der Waals surface area contributed by atoms with Gasteiger partial charge in [0.15, 0.2) is 5.76 Å². The summed E-state index contributed by atoms with van der Waals surface area (Å²) >= 11 is 0. The number of benzene rings is 1. The van der Waals surface area contributed by atoms with Crippen molar-refractivity contribution in [1.82, 2.24) is 10.1 Å². The summed E-state index contributed by atoms with van der Waals surface area (Å²) in [5, 5.41) is 7.19. The van der Waals surface area contributed by atoms with Crippen LogP contribution in [0.2, 0.25) is 0 Å². The maximum absolute atomic E-state index is 5.23. The molecule has 5 heteroatoms. The average molecular weight is 269 g/mol. The minimum Gasteiger partial charge on any atom is -0.461 e. The Kier molecular flexibility index (Phi) is 3.25. The minimum absolute atomic E-state index is 0.466. The highest BCUT2D eigenvalue weighted by Gasteiger charge is 2.10. The molecule has 0 bridgehead atoms. The Bertz CT molecular complexity index is 702. The second-order valence-corrected chi connectivity index (χ2v) is 4.66. The van der Waals surface area contributed by atoms with Gasteiger partial charge < -0.3 is 14.3 Å². The number of aromatic nitrogens is 2. The minimum atomic E-state index is 0.466. The lowest BCUT2D eigenvalue weighted by Gasteiger charge is -2.08. The highest BCUT2D eigenvalue weighted by molar-refractivity contribution is 5.52. The van der Waals surface area contributed by atoms with Crippen LogP contribution in [0.5, 0.6) is 0 Å². The summed E-state index contributed by atoms with van der Waals surface area (Å²) in [4.78, 5) is 4.29. The predicted octanol–water partition coefficient (Wildman–Crippen LogP) is 3.56. The van der Waals surface area contributed by atoms with Crippen molar-refractivity contribution >= 4 is 5.69 Å². The zero-order chi connectivity index (χ0) is 13.9. The Morgan fingerprint density at radius 2 is 2.10 bits per heavy atom. The van der Waals surface area contributed by atoms with E-state index < -0.39 is 0 Å². The number of nitrogens with one attached hydrogen (secondary N) is 1. The molecule has 0 spiro atoms. The molecule has 3 rings (SSSR count). The molecule has 0 saturated carbocycles. The maximum Gasteiger partial charge on any atom is 0.246 e. The summed E-state index contributed by atoms with van der Waals surface area (Å²) in [7, 11) is 0. The van der Waals surface area contributed by atoms with Crippen molar-refractivity contribution in [2.45, 2.75) is 20.4 Å². The molecule has 0 atom stereocenters. The maximum atomic E-state index is 5.23. The molecule has 0 aliphatic rings. The van der Waals surface area contributed by atoms with Crippen molar-refractivity contribution in [1.29, 1.82) is 0 Å². The van der Waals surface area contributed by atoms with Crippen LogP contribution < -0.4 is 5.32 Å². The van der Waals surface area contributed by atoms with Gasteiger partial charge in [-0.25, -0.2) is 0 Å². The molecule has 1 aromatic carbocycles. The normalized spacial score (nSPS) is 10.7. The zero-order valence-electron chi connectivity index (χ0n) is 11.4. The van der Waals surface area contributed by atoms with E-state index in [-0.39, 0.29) is 0 Å². The topological polar surface area (TPSA) is 64.1 Å². The molecule has 0 radical (unpaired) electrons. The van der Waals surface area contributed by atoms with Crippen molar-refractivity contribution in [3.05, 3.63) is 53.6 Å². The Balaban J connectivity index is 1.71. The van der Waals surface area contributed by atoms with Crippen LogP contribution in [0.3, 0.4) is 0 Å². The summed E-state index contributed by atoms with van der Waals surface area (Å²) in [5.74, 6) is 1.59. The molecular formula is C15H15N3O2. The molecule has 2 heterocycles. The molecular weight excluding hydrogens is 254 g/mol. The van der Waals surface area contributed by atoms with Gasteiger partial charge in [0.25, 0.3) is 0 Å². The van der Waals surface area contributed by atoms with Gasteiger partial charge in [0.1, 0.15) is 0 Å². The fraction of sp³-hybridized carbons (Fsp3) is 0.200. The number of hydrogen-bond donors (Lipinski definition) is 1. The number of aryl methyl sites for hydroxylation is 2. The lowest BCUT2D eigenvalue weighted by atomic mass is 10.1. The van der Waals surface area contributed by atoms with Crippen LogP contribution in [0.15, 0.2) is 45.5 Å². The van der Waals surface area contributed by atoms with Crippen LogP contribution in [0.4, 0.5) is 5.69 Å². The standard InChI is InChI=1S/C15H15N3O2/c1-10-5-6-11(2)12(8-10)16-9-14-17-15(18-20-14)13-4-3-7-19-13/h3-8,16H,9H2,1-2H3. The smallest absolute Gasteiger partial charge is 0.246 e. The molecule has 5 nitrogen and oxygen atoms in total. The quantitative estimate of drug-likeness (QED) is 0.784. The largest absolute Gasteiger partial charge is 0.461 e. The van der Waals surface area contributed by atoms with Gasteiger partial charge in [-0.15, -0.1) is 0 Å². The van der Waals surface area contributed by atoms with E-state index in [1.807, 2.05) is 0 Å². The van der Waals surface area contributed by atoms with Gasteiger partial charge in [-0.1, -0.05) is 17.3 Å². The van der Waals surface area contributed by atoms with Crippen molar-refractivity contribution in [2.75, 3.05) is 5.32 Å². The molecule has 0 aliphatic heterocycles. The van der Waals surface area contributed by atoms with E-state index in [9.17, 15) is 0 Å². The van der Waals surface area contributed by atoms with Crippen LogP contribution in [0.1, 0.15) is 17.0 Å². The molecule has 102 valence electrons. The van der Waals surface area contributed by atoms with Gasteiger partial charge in [-0.3, -0.25) is 0 Å². The summed E-state index contributed by atoms with van der Waals surface area (Å²) < 4.78 is 10.4. The van der Waals surface area contributed by atoms with Crippen molar-refractivity contribution in [3.8, 4) is 11.6 Å². The van der Waals surface area contributed by atoms with Gasteiger partial charge >= 0.3 is 0 Å².